The van der Waals surface area contributed by atoms with Gasteiger partial charge >= 0.3 is 0 Å². The number of hydrogen-bond donors (Lipinski definition) is 1. The maximum atomic E-state index is 4.61. The van der Waals surface area contributed by atoms with Gasteiger partial charge in [0.2, 0.25) is 0 Å². The summed E-state index contributed by atoms with van der Waals surface area (Å²) in [6.07, 6.45) is 0. The largest absolute Gasteiger partial charge is 0.370 e. The second-order valence-electron chi connectivity index (χ2n) is 9.86. The first-order valence-corrected chi connectivity index (χ1v) is 10.3. The maximum Gasteiger partial charge on any atom is 0.116 e. The van der Waals surface area contributed by atoms with Crippen molar-refractivity contribution in [3.8, 4) is 0 Å². The molecule has 0 fully saturated rings. The predicted octanol–water partition coefficient (Wildman–Crippen LogP) is 5.29. The van der Waals surface area contributed by atoms with Gasteiger partial charge in [0.05, 0.1) is 13.1 Å². The van der Waals surface area contributed by atoms with E-state index in [-0.39, 0.29) is 10.8 Å². The van der Waals surface area contributed by atoms with Gasteiger partial charge in [-0.1, -0.05) is 77.9 Å². The number of amidine groups is 1. The summed E-state index contributed by atoms with van der Waals surface area (Å²) in [5, 5.41) is 3.42. The molecule has 3 nitrogen and oxygen atoms in total. The SMILES string of the molecule is CC(C)(C)c1ccc(CN(CC2=NCCN2)c2ccc(C(C)(C)C)cc2)cc1. The topological polar surface area (TPSA) is 27.6 Å². The Morgan fingerprint density at radius 1 is 0.786 bits per heavy atom. The number of anilines is 1. The second kappa shape index (κ2) is 7.98. The average Bonchev–Trinajstić information content (AvgIpc) is 3.13. The van der Waals surface area contributed by atoms with E-state index in [9.17, 15) is 0 Å². The van der Waals surface area contributed by atoms with E-state index >= 15 is 0 Å². The third kappa shape index (κ3) is 5.15. The molecule has 0 saturated carbocycles. The van der Waals surface area contributed by atoms with E-state index in [0.717, 1.165) is 32.0 Å². The highest BCUT2D eigenvalue weighted by atomic mass is 15.2. The molecule has 1 N–H and O–H groups in total. The lowest BCUT2D eigenvalue weighted by Crippen LogP contribution is -2.35. The van der Waals surface area contributed by atoms with E-state index in [4.69, 9.17) is 0 Å². The van der Waals surface area contributed by atoms with Crippen molar-refractivity contribution >= 4 is 11.5 Å². The number of aliphatic imine (C=N–C) groups is 1. The van der Waals surface area contributed by atoms with Crippen LogP contribution in [-0.4, -0.2) is 25.5 Å². The number of nitrogens with one attached hydrogen (secondary N) is 1. The van der Waals surface area contributed by atoms with Gasteiger partial charge in [0.25, 0.3) is 0 Å². The normalized spacial score (nSPS) is 14.6. The highest BCUT2D eigenvalue weighted by Crippen LogP contribution is 2.27. The highest BCUT2D eigenvalue weighted by molar-refractivity contribution is 5.88. The fourth-order valence-corrected chi connectivity index (χ4v) is 3.47. The van der Waals surface area contributed by atoms with Crippen molar-refractivity contribution < 1.29 is 0 Å². The summed E-state index contributed by atoms with van der Waals surface area (Å²) < 4.78 is 0. The quantitative estimate of drug-likeness (QED) is 0.767. The standard InChI is InChI=1S/C25H35N3/c1-24(2,3)20-9-7-19(8-10-20)17-28(18-23-26-15-16-27-23)22-13-11-21(12-14-22)25(4,5)6/h7-14H,15-18H2,1-6H3,(H,26,27). The van der Waals surface area contributed by atoms with Crippen LogP contribution in [0.2, 0.25) is 0 Å². The first-order chi connectivity index (χ1) is 13.1. The summed E-state index contributed by atoms with van der Waals surface area (Å²) in [6.45, 7) is 17.1. The average molecular weight is 378 g/mol. The Bertz CT molecular complexity index is 803. The molecular weight excluding hydrogens is 342 g/mol. The first-order valence-electron chi connectivity index (χ1n) is 10.3. The molecule has 0 aliphatic carbocycles. The third-order valence-corrected chi connectivity index (χ3v) is 5.38. The van der Waals surface area contributed by atoms with E-state index in [1.807, 2.05) is 0 Å². The van der Waals surface area contributed by atoms with Crippen LogP contribution in [0.3, 0.4) is 0 Å². The van der Waals surface area contributed by atoms with E-state index in [2.05, 4.69) is 105 Å². The number of hydrogen-bond acceptors (Lipinski definition) is 3. The van der Waals surface area contributed by atoms with Gasteiger partial charge in [-0.25, -0.2) is 0 Å². The van der Waals surface area contributed by atoms with Gasteiger partial charge in [-0.3, -0.25) is 4.99 Å². The maximum absolute atomic E-state index is 4.61. The molecule has 3 heteroatoms. The van der Waals surface area contributed by atoms with Crippen molar-refractivity contribution in [3.63, 3.8) is 0 Å². The van der Waals surface area contributed by atoms with Gasteiger partial charge in [-0.2, -0.15) is 0 Å². The lowest BCUT2D eigenvalue weighted by atomic mass is 9.86. The Kier molecular flexibility index (Phi) is 5.83. The zero-order chi connectivity index (χ0) is 20.4. The Hall–Kier alpha value is -2.29. The van der Waals surface area contributed by atoms with Crippen LogP contribution in [0.1, 0.15) is 58.2 Å². The van der Waals surface area contributed by atoms with Crippen LogP contribution in [-0.2, 0) is 17.4 Å². The van der Waals surface area contributed by atoms with Crippen LogP contribution < -0.4 is 10.2 Å². The Morgan fingerprint density at radius 2 is 1.32 bits per heavy atom. The van der Waals surface area contributed by atoms with Crippen LogP contribution in [0.25, 0.3) is 0 Å². The predicted molar refractivity (Wildman–Crippen MR) is 122 cm³/mol. The summed E-state index contributed by atoms with van der Waals surface area (Å²) in [7, 11) is 0. The van der Waals surface area contributed by atoms with Crippen molar-refractivity contribution in [3.05, 3.63) is 65.2 Å². The van der Waals surface area contributed by atoms with Crippen LogP contribution in [0.4, 0.5) is 5.69 Å². The van der Waals surface area contributed by atoms with Gasteiger partial charge in [-0.05, 0) is 39.7 Å². The molecule has 0 saturated heterocycles. The Balaban J connectivity index is 1.82. The van der Waals surface area contributed by atoms with Gasteiger partial charge in [0, 0.05) is 18.8 Å². The number of nitrogens with zero attached hydrogens (tertiary/aromatic N) is 2. The zero-order valence-corrected chi connectivity index (χ0v) is 18.3. The molecule has 0 aromatic heterocycles. The molecule has 0 amide bonds. The fraction of sp³-hybridized carbons (Fsp3) is 0.480. The molecule has 2 aromatic carbocycles. The summed E-state index contributed by atoms with van der Waals surface area (Å²) in [6, 6.07) is 18.1. The van der Waals surface area contributed by atoms with Gasteiger partial charge in [0.15, 0.2) is 0 Å². The van der Waals surface area contributed by atoms with Crippen molar-refractivity contribution in [2.75, 3.05) is 24.5 Å². The first kappa shape index (κ1) is 20.4. The van der Waals surface area contributed by atoms with Gasteiger partial charge in [-0.15, -0.1) is 0 Å². The van der Waals surface area contributed by atoms with Crippen molar-refractivity contribution in [2.24, 2.45) is 4.99 Å². The second-order valence-corrected chi connectivity index (χ2v) is 9.86. The van der Waals surface area contributed by atoms with Gasteiger partial charge in [0.1, 0.15) is 5.84 Å². The Morgan fingerprint density at radius 3 is 1.79 bits per heavy atom. The molecule has 0 atom stereocenters. The molecule has 28 heavy (non-hydrogen) atoms. The molecule has 0 unspecified atom stereocenters. The number of rotatable bonds is 5. The van der Waals surface area contributed by atoms with E-state index < -0.39 is 0 Å². The molecule has 1 aliphatic heterocycles. The summed E-state index contributed by atoms with van der Waals surface area (Å²) in [5.74, 6) is 1.09. The van der Waals surface area contributed by atoms with Crippen molar-refractivity contribution in [1.29, 1.82) is 0 Å². The summed E-state index contributed by atoms with van der Waals surface area (Å²) in [4.78, 5) is 7.02. The molecule has 3 rings (SSSR count). The van der Waals surface area contributed by atoms with Crippen LogP contribution in [0.15, 0.2) is 53.5 Å². The molecule has 1 heterocycles. The lowest BCUT2D eigenvalue weighted by Gasteiger charge is -2.27. The smallest absolute Gasteiger partial charge is 0.116 e. The Labute approximate surface area is 170 Å². The van der Waals surface area contributed by atoms with E-state index in [0.29, 0.717) is 0 Å². The minimum absolute atomic E-state index is 0.170. The van der Waals surface area contributed by atoms with Crippen LogP contribution in [0.5, 0.6) is 0 Å². The molecule has 0 spiro atoms. The molecule has 150 valence electrons. The van der Waals surface area contributed by atoms with E-state index in [1.165, 1.54) is 22.4 Å². The zero-order valence-electron chi connectivity index (χ0n) is 18.3. The van der Waals surface area contributed by atoms with Gasteiger partial charge < -0.3 is 10.2 Å². The van der Waals surface area contributed by atoms with Crippen molar-refractivity contribution in [2.45, 2.75) is 58.9 Å². The summed E-state index contributed by atoms with van der Waals surface area (Å²) >= 11 is 0. The van der Waals surface area contributed by atoms with Crippen molar-refractivity contribution in [1.82, 2.24) is 5.32 Å². The summed E-state index contributed by atoms with van der Waals surface area (Å²) in [5.41, 5.74) is 5.66. The molecule has 2 aromatic rings. The molecular formula is C25H35N3. The lowest BCUT2D eigenvalue weighted by molar-refractivity contribution is 0.589. The highest BCUT2D eigenvalue weighted by Gasteiger charge is 2.17. The molecule has 0 bridgehead atoms. The molecule has 0 radical (unpaired) electrons. The minimum atomic E-state index is 0.170. The number of benzene rings is 2. The molecule has 1 aliphatic rings. The third-order valence-electron chi connectivity index (χ3n) is 5.38. The monoisotopic (exact) mass is 377 g/mol. The minimum Gasteiger partial charge on any atom is -0.370 e. The fourth-order valence-electron chi connectivity index (χ4n) is 3.47. The van der Waals surface area contributed by atoms with Crippen LogP contribution >= 0.6 is 0 Å². The van der Waals surface area contributed by atoms with Crippen LogP contribution in [0, 0.1) is 0 Å². The van der Waals surface area contributed by atoms with E-state index in [1.54, 1.807) is 0 Å².